The van der Waals surface area contributed by atoms with E-state index in [2.05, 4.69) is 143 Å². The summed E-state index contributed by atoms with van der Waals surface area (Å²) in [5, 5.41) is 6.86. The Hall–Kier alpha value is -6.63. The zero-order chi connectivity index (χ0) is 33.6. The molecular weight excluding hydrogens is 645 g/mol. The Kier molecular flexibility index (Phi) is 5.91. The van der Waals surface area contributed by atoms with E-state index in [1.807, 2.05) is 12.1 Å². The molecule has 0 amide bonds. The number of thiophene rings is 1. The number of fused-ring (bicyclic) bond motifs is 9. The fourth-order valence-corrected chi connectivity index (χ4v) is 9.09. The van der Waals surface area contributed by atoms with E-state index < -0.39 is 0 Å². The molecule has 51 heavy (non-hydrogen) atoms. The topological polar surface area (TPSA) is 56.2 Å². The average Bonchev–Trinajstić information content (AvgIpc) is 3.95. The molecule has 0 N–H and O–H groups in total. The number of rotatable bonds is 5. The van der Waals surface area contributed by atoms with E-state index >= 15 is 0 Å². The summed E-state index contributed by atoms with van der Waals surface area (Å²) >= 11 is 1.80. The highest BCUT2D eigenvalue weighted by Gasteiger charge is 2.23. The van der Waals surface area contributed by atoms with Crippen LogP contribution in [0.4, 0.5) is 0 Å². The third-order valence-electron chi connectivity index (χ3n) is 10.1. The van der Waals surface area contributed by atoms with Crippen molar-refractivity contribution in [2.45, 2.75) is 0 Å². The van der Waals surface area contributed by atoms with Gasteiger partial charge in [-0.2, -0.15) is 0 Å². The van der Waals surface area contributed by atoms with Crippen molar-refractivity contribution in [3.8, 4) is 22.6 Å². The highest BCUT2D eigenvalue weighted by Crippen LogP contribution is 2.43. The van der Waals surface area contributed by atoms with E-state index in [0.717, 1.165) is 88.7 Å². The van der Waals surface area contributed by atoms with Gasteiger partial charge in [-0.3, -0.25) is 0 Å². The van der Waals surface area contributed by atoms with Crippen LogP contribution in [0.2, 0.25) is 0 Å². The highest BCUT2D eigenvalue weighted by atomic mass is 32.1. The molecule has 238 valence electrons. The van der Waals surface area contributed by atoms with Crippen LogP contribution in [0, 0.1) is 0 Å². The maximum absolute atomic E-state index is 5.93. The van der Waals surface area contributed by atoms with Crippen LogP contribution < -0.4 is 0 Å². The summed E-state index contributed by atoms with van der Waals surface area (Å²) in [4.78, 5) is 15.0. The zero-order valence-corrected chi connectivity index (χ0v) is 28.0. The number of hydrogen-bond acceptors (Lipinski definition) is 5. The molecule has 0 aliphatic rings. The molecule has 0 spiro atoms. The quantitative estimate of drug-likeness (QED) is 0.183. The molecule has 0 saturated heterocycles. The third-order valence-corrected chi connectivity index (χ3v) is 11.3. The Morgan fingerprint density at radius 3 is 2.41 bits per heavy atom. The van der Waals surface area contributed by atoms with E-state index in [-0.39, 0.29) is 0 Å². The molecule has 11 rings (SSSR count). The number of nitrogens with zero attached hydrogens (tertiary/aromatic N) is 4. The van der Waals surface area contributed by atoms with Crippen LogP contribution in [-0.2, 0) is 0 Å². The minimum absolute atomic E-state index is 0.731. The summed E-state index contributed by atoms with van der Waals surface area (Å²) in [7, 11) is 0. The monoisotopic (exact) mass is 670 g/mol. The van der Waals surface area contributed by atoms with Gasteiger partial charge < -0.3 is 8.82 Å². The first-order chi connectivity index (χ1) is 25.2. The van der Waals surface area contributed by atoms with Crippen molar-refractivity contribution in [3.63, 3.8) is 0 Å². The highest BCUT2D eigenvalue weighted by molar-refractivity contribution is 7.26. The van der Waals surface area contributed by atoms with Gasteiger partial charge in [0.25, 0.3) is 0 Å². The van der Waals surface area contributed by atoms with Gasteiger partial charge in [0.15, 0.2) is 17.8 Å². The summed E-state index contributed by atoms with van der Waals surface area (Å²) in [5.41, 5.74) is 11.0. The third kappa shape index (κ3) is 4.05. The van der Waals surface area contributed by atoms with E-state index in [0.29, 0.717) is 0 Å². The van der Waals surface area contributed by atoms with Crippen LogP contribution in [0.3, 0.4) is 0 Å². The van der Waals surface area contributed by atoms with Gasteiger partial charge in [-0.15, -0.1) is 11.3 Å². The summed E-state index contributed by atoms with van der Waals surface area (Å²) in [5.74, 6) is 0.731. The van der Waals surface area contributed by atoms with Crippen molar-refractivity contribution < 1.29 is 4.42 Å². The average molecular weight is 671 g/mol. The molecule has 5 nitrogen and oxygen atoms in total. The molecule has 5 heterocycles. The van der Waals surface area contributed by atoms with Crippen LogP contribution in [0.15, 0.2) is 139 Å². The Morgan fingerprint density at radius 1 is 0.686 bits per heavy atom. The van der Waals surface area contributed by atoms with Crippen LogP contribution >= 0.6 is 11.3 Å². The summed E-state index contributed by atoms with van der Waals surface area (Å²) < 4.78 is 10.7. The van der Waals surface area contributed by atoms with Crippen LogP contribution in [0.25, 0.3) is 110 Å². The van der Waals surface area contributed by atoms with Gasteiger partial charge in [0, 0.05) is 53.0 Å². The Morgan fingerprint density at radius 2 is 1.49 bits per heavy atom. The van der Waals surface area contributed by atoms with Crippen molar-refractivity contribution in [1.82, 2.24) is 19.4 Å². The van der Waals surface area contributed by atoms with Crippen molar-refractivity contribution in [2.75, 3.05) is 0 Å². The summed E-state index contributed by atoms with van der Waals surface area (Å²) in [6.45, 7) is 4.24. The second-order valence-corrected chi connectivity index (χ2v) is 13.9. The largest absolute Gasteiger partial charge is 0.443 e. The first-order valence-corrected chi connectivity index (χ1v) is 17.7. The number of benzene rings is 6. The van der Waals surface area contributed by atoms with E-state index in [1.54, 1.807) is 11.3 Å². The SMILES string of the molecule is C=Cc1c(/C=C/c2cccc(-c3nc(-c4cccc5c4sc4ccccc45)nc4ccccc34)c2)c2cc3ncoc3c3c4ccccc4n1c23. The first-order valence-electron chi connectivity index (χ1n) is 16.9. The molecule has 0 saturated carbocycles. The maximum Gasteiger partial charge on any atom is 0.182 e. The molecule has 0 atom stereocenters. The lowest BCUT2D eigenvalue weighted by atomic mass is 10.0. The molecular formula is C45H26N4OS. The molecule has 6 aromatic carbocycles. The van der Waals surface area contributed by atoms with E-state index in [9.17, 15) is 0 Å². The minimum Gasteiger partial charge on any atom is -0.443 e. The second-order valence-electron chi connectivity index (χ2n) is 12.9. The molecule has 0 fully saturated rings. The van der Waals surface area contributed by atoms with Gasteiger partial charge in [0.2, 0.25) is 0 Å². The molecule has 11 aromatic rings. The lowest BCUT2D eigenvalue weighted by molar-refractivity contribution is 0.605. The van der Waals surface area contributed by atoms with Gasteiger partial charge in [-0.25, -0.2) is 15.0 Å². The predicted octanol–water partition coefficient (Wildman–Crippen LogP) is 12.3. The van der Waals surface area contributed by atoms with Crippen LogP contribution in [0.5, 0.6) is 0 Å². The van der Waals surface area contributed by atoms with Gasteiger partial charge in [-0.05, 0) is 48.0 Å². The van der Waals surface area contributed by atoms with E-state index in [4.69, 9.17) is 14.4 Å². The molecule has 6 heteroatoms. The molecule has 0 radical (unpaired) electrons. The Labute approximate surface area is 295 Å². The number of para-hydroxylation sites is 2. The molecule has 0 aliphatic heterocycles. The first kappa shape index (κ1) is 28.2. The number of aromatic nitrogens is 4. The standard InChI is InChI=1S/C45H26N4OS/c1-2-37-28(34-24-36-43(50-25-46-36)40-32-15-4-7-19-38(32)49(37)42(34)40)22-21-26-11-9-12-27(23-26)41-31-14-3-6-18-35(31)47-45(48-41)33-17-10-16-30-29-13-5-8-20-39(29)51-44(30)33/h2-25H,1H2/b22-21+. The molecule has 5 aromatic heterocycles. The Bertz CT molecular complexity index is 3230. The van der Waals surface area contributed by atoms with Gasteiger partial charge >= 0.3 is 0 Å². The fraction of sp³-hybridized carbons (Fsp3) is 0. The maximum atomic E-state index is 5.93. The minimum atomic E-state index is 0.731. The van der Waals surface area contributed by atoms with Crippen molar-refractivity contribution in [2.24, 2.45) is 0 Å². The van der Waals surface area contributed by atoms with E-state index in [1.165, 1.54) is 26.6 Å². The molecule has 0 aliphatic carbocycles. The smallest absolute Gasteiger partial charge is 0.182 e. The summed E-state index contributed by atoms with van der Waals surface area (Å²) in [6, 6.07) is 42.5. The van der Waals surface area contributed by atoms with Gasteiger partial charge in [-0.1, -0.05) is 104 Å². The lowest BCUT2D eigenvalue weighted by Crippen LogP contribution is -1.95. The van der Waals surface area contributed by atoms with Crippen molar-refractivity contribution >= 4 is 98.9 Å². The number of oxazole rings is 1. The van der Waals surface area contributed by atoms with Crippen molar-refractivity contribution in [1.29, 1.82) is 0 Å². The van der Waals surface area contributed by atoms with Gasteiger partial charge in [0.1, 0.15) is 5.52 Å². The van der Waals surface area contributed by atoms with Crippen LogP contribution in [0.1, 0.15) is 16.8 Å². The Balaban J connectivity index is 1.07. The molecule has 0 unspecified atom stereocenters. The van der Waals surface area contributed by atoms with Gasteiger partial charge in [0.05, 0.1) is 33.3 Å². The fourth-order valence-electron chi connectivity index (χ4n) is 7.87. The number of hydrogen-bond donors (Lipinski definition) is 0. The zero-order valence-electron chi connectivity index (χ0n) is 27.2. The lowest BCUT2D eigenvalue weighted by Gasteiger charge is -2.10. The van der Waals surface area contributed by atoms with Crippen LogP contribution in [-0.4, -0.2) is 19.4 Å². The normalized spacial score (nSPS) is 12.3. The predicted molar refractivity (Wildman–Crippen MR) is 213 cm³/mol. The second kappa shape index (κ2) is 10.7. The van der Waals surface area contributed by atoms with Crippen molar-refractivity contribution in [3.05, 3.63) is 151 Å². The summed E-state index contributed by atoms with van der Waals surface area (Å²) in [6.07, 6.45) is 7.86. The molecule has 0 bridgehead atoms.